The predicted octanol–water partition coefficient (Wildman–Crippen LogP) is 1.63. The van der Waals surface area contributed by atoms with Crippen LogP contribution in [0.4, 0.5) is 0 Å². The van der Waals surface area contributed by atoms with Crippen LogP contribution >= 0.6 is 0 Å². The topological polar surface area (TPSA) is 24.5 Å². The maximum Gasteiger partial charge on any atom is 0.0576 e. The number of rotatable bonds is 5. The first kappa shape index (κ1) is 12.3. The Morgan fingerprint density at radius 1 is 1.44 bits per heavy atom. The molecule has 3 heteroatoms. The van der Waals surface area contributed by atoms with Crippen molar-refractivity contribution >= 4 is 0 Å². The van der Waals surface area contributed by atoms with Gasteiger partial charge >= 0.3 is 0 Å². The highest BCUT2D eigenvalue weighted by atomic mass is 16.5. The molecule has 0 amide bonds. The Kier molecular flexibility index (Phi) is 5.07. The van der Waals surface area contributed by atoms with Gasteiger partial charge < -0.3 is 10.1 Å². The molecule has 2 saturated heterocycles. The molecule has 2 atom stereocenters. The monoisotopic (exact) mass is 226 g/mol. The Morgan fingerprint density at radius 3 is 3.12 bits per heavy atom. The van der Waals surface area contributed by atoms with Crippen LogP contribution in [0.15, 0.2) is 0 Å². The summed E-state index contributed by atoms with van der Waals surface area (Å²) in [6.07, 6.45) is 6.98. The van der Waals surface area contributed by atoms with Gasteiger partial charge in [-0.25, -0.2) is 0 Å². The zero-order chi connectivity index (χ0) is 11.2. The molecule has 0 aromatic rings. The number of hydrogen-bond acceptors (Lipinski definition) is 3. The van der Waals surface area contributed by atoms with Gasteiger partial charge in [0.1, 0.15) is 0 Å². The lowest BCUT2D eigenvalue weighted by Gasteiger charge is -2.35. The maximum atomic E-state index is 5.66. The summed E-state index contributed by atoms with van der Waals surface area (Å²) in [5.74, 6) is 0. The van der Waals surface area contributed by atoms with Crippen LogP contribution in [0.25, 0.3) is 0 Å². The van der Waals surface area contributed by atoms with E-state index in [1.54, 1.807) is 0 Å². The molecule has 0 aromatic heterocycles. The van der Waals surface area contributed by atoms with Crippen LogP contribution in [0, 0.1) is 0 Å². The molecule has 94 valence electrons. The Hall–Kier alpha value is -0.120. The molecular formula is C13H26N2O. The van der Waals surface area contributed by atoms with E-state index in [0.29, 0.717) is 6.10 Å². The van der Waals surface area contributed by atoms with Crippen LogP contribution in [0.2, 0.25) is 0 Å². The number of nitrogens with zero attached hydrogens (tertiary/aromatic N) is 1. The molecule has 0 aliphatic carbocycles. The van der Waals surface area contributed by atoms with E-state index in [4.69, 9.17) is 4.74 Å². The summed E-state index contributed by atoms with van der Waals surface area (Å²) < 4.78 is 5.66. The molecule has 16 heavy (non-hydrogen) atoms. The normalized spacial score (nSPS) is 32.1. The van der Waals surface area contributed by atoms with Crippen LogP contribution in [-0.4, -0.2) is 49.8 Å². The summed E-state index contributed by atoms with van der Waals surface area (Å²) in [6.45, 7) is 8.12. The zero-order valence-corrected chi connectivity index (χ0v) is 10.6. The molecule has 0 spiro atoms. The van der Waals surface area contributed by atoms with E-state index in [0.717, 1.165) is 19.2 Å². The van der Waals surface area contributed by atoms with Crippen LogP contribution in [0.1, 0.15) is 39.0 Å². The molecule has 2 aliphatic rings. The Bertz CT molecular complexity index is 192. The lowest BCUT2D eigenvalue weighted by atomic mass is 10.1. The summed E-state index contributed by atoms with van der Waals surface area (Å²) in [4.78, 5) is 2.66. The van der Waals surface area contributed by atoms with Gasteiger partial charge in [0.05, 0.1) is 6.10 Å². The molecule has 1 N–H and O–H groups in total. The molecule has 2 fully saturated rings. The maximum absolute atomic E-state index is 5.66. The molecule has 0 bridgehead atoms. The third-order valence-corrected chi connectivity index (χ3v) is 3.94. The highest BCUT2D eigenvalue weighted by Crippen LogP contribution is 2.17. The molecule has 2 heterocycles. The van der Waals surface area contributed by atoms with Gasteiger partial charge in [-0.3, -0.25) is 4.90 Å². The van der Waals surface area contributed by atoms with Crippen molar-refractivity contribution in [2.45, 2.75) is 51.2 Å². The van der Waals surface area contributed by atoms with E-state index in [-0.39, 0.29) is 0 Å². The molecular weight excluding hydrogens is 200 g/mol. The van der Waals surface area contributed by atoms with E-state index in [1.807, 2.05) is 0 Å². The van der Waals surface area contributed by atoms with Gasteiger partial charge in [0.25, 0.3) is 0 Å². The third kappa shape index (κ3) is 3.44. The lowest BCUT2D eigenvalue weighted by Crippen LogP contribution is -2.51. The van der Waals surface area contributed by atoms with Crippen LogP contribution in [0.5, 0.6) is 0 Å². The van der Waals surface area contributed by atoms with Crippen molar-refractivity contribution in [3.63, 3.8) is 0 Å². The van der Waals surface area contributed by atoms with E-state index in [9.17, 15) is 0 Å². The fraction of sp³-hybridized carbons (Fsp3) is 1.00. The highest BCUT2D eigenvalue weighted by Gasteiger charge is 2.21. The Labute approximate surface area is 99.5 Å². The average Bonchev–Trinajstić information content (AvgIpc) is 2.83. The van der Waals surface area contributed by atoms with Crippen molar-refractivity contribution in [3.8, 4) is 0 Å². The van der Waals surface area contributed by atoms with E-state index in [2.05, 4.69) is 17.1 Å². The molecule has 2 rings (SSSR count). The lowest BCUT2D eigenvalue weighted by molar-refractivity contribution is 0.0925. The van der Waals surface area contributed by atoms with E-state index >= 15 is 0 Å². The minimum Gasteiger partial charge on any atom is -0.378 e. The Balaban J connectivity index is 1.63. The zero-order valence-electron chi connectivity index (χ0n) is 10.6. The summed E-state index contributed by atoms with van der Waals surface area (Å²) in [5.41, 5.74) is 0. The highest BCUT2D eigenvalue weighted by molar-refractivity contribution is 4.78. The summed E-state index contributed by atoms with van der Waals surface area (Å²) in [6, 6.07) is 0.762. The standard InChI is InChI=1S/C13H26N2O/c1-2-12-11-14-7-9-15(12)8-3-5-13-6-4-10-16-13/h12-14H,2-11H2,1H3. The first-order valence-electron chi connectivity index (χ1n) is 6.96. The molecule has 0 aromatic carbocycles. The fourth-order valence-corrected chi connectivity index (χ4v) is 2.89. The van der Waals surface area contributed by atoms with Crippen LogP contribution in [0.3, 0.4) is 0 Å². The molecule has 2 aliphatic heterocycles. The van der Waals surface area contributed by atoms with Gasteiger partial charge in [0, 0.05) is 32.3 Å². The smallest absolute Gasteiger partial charge is 0.0576 e. The molecule has 0 radical (unpaired) electrons. The minimum absolute atomic E-state index is 0.572. The summed E-state index contributed by atoms with van der Waals surface area (Å²) in [7, 11) is 0. The fourth-order valence-electron chi connectivity index (χ4n) is 2.89. The van der Waals surface area contributed by atoms with Gasteiger partial charge in [0.15, 0.2) is 0 Å². The van der Waals surface area contributed by atoms with Gasteiger partial charge in [-0.2, -0.15) is 0 Å². The number of hydrogen-bond donors (Lipinski definition) is 1. The van der Waals surface area contributed by atoms with Crippen LogP contribution in [-0.2, 0) is 4.74 Å². The number of nitrogens with one attached hydrogen (secondary N) is 1. The molecule has 3 nitrogen and oxygen atoms in total. The van der Waals surface area contributed by atoms with Crippen LogP contribution < -0.4 is 5.32 Å². The second kappa shape index (κ2) is 6.58. The third-order valence-electron chi connectivity index (χ3n) is 3.94. The summed E-state index contributed by atoms with van der Waals surface area (Å²) >= 11 is 0. The van der Waals surface area contributed by atoms with Gasteiger partial charge in [0.2, 0.25) is 0 Å². The second-order valence-electron chi connectivity index (χ2n) is 5.08. The van der Waals surface area contributed by atoms with Gasteiger partial charge in [-0.1, -0.05) is 6.92 Å². The SMILES string of the molecule is CCC1CNCCN1CCCC1CCCO1. The number of ether oxygens (including phenoxy) is 1. The van der Waals surface area contributed by atoms with Gasteiger partial charge in [-0.05, 0) is 38.6 Å². The van der Waals surface area contributed by atoms with E-state index in [1.165, 1.54) is 51.7 Å². The molecule has 0 saturated carbocycles. The number of piperazine rings is 1. The van der Waals surface area contributed by atoms with Gasteiger partial charge in [-0.15, -0.1) is 0 Å². The minimum atomic E-state index is 0.572. The first-order chi connectivity index (χ1) is 7.90. The van der Waals surface area contributed by atoms with Crippen molar-refractivity contribution in [1.82, 2.24) is 10.2 Å². The molecule has 2 unspecified atom stereocenters. The largest absolute Gasteiger partial charge is 0.378 e. The summed E-state index contributed by atoms with van der Waals surface area (Å²) in [5, 5.41) is 3.48. The van der Waals surface area contributed by atoms with Crippen molar-refractivity contribution < 1.29 is 4.74 Å². The quantitative estimate of drug-likeness (QED) is 0.771. The predicted molar refractivity (Wildman–Crippen MR) is 66.7 cm³/mol. The second-order valence-corrected chi connectivity index (χ2v) is 5.08. The van der Waals surface area contributed by atoms with Crippen molar-refractivity contribution in [3.05, 3.63) is 0 Å². The van der Waals surface area contributed by atoms with Crippen molar-refractivity contribution in [1.29, 1.82) is 0 Å². The average molecular weight is 226 g/mol. The van der Waals surface area contributed by atoms with E-state index < -0.39 is 0 Å². The Morgan fingerprint density at radius 2 is 2.38 bits per heavy atom. The van der Waals surface area contributed by atoms with Crippen molar-refractivity contribution in [2.75, 3.05) is 32.8 Å². The van der Waals surface area contributed by atoms with Crippen molar-refractivity contribution in [2.24, 2.45) is 0 Å². The first-order valence-corrected chi connectivity index (χ1v) is 6.96.